The van der Waals surface area contributed by atoms with Crippen LogP contribution < -0.4 is 5.73 Å². The number of nitrogens with zero attached hydrogens (tertiary/aromatic N) is 1. The van der Waals surface area contributed by atoms with Gasteiger partial charge >= 0.3 is 6.18 Å². The van der Waals surface area contributed by atoms with Crippen LogP contribution >= 0.6 is 0 Å². The van der Waals surface area contributed by atoms with E-state index in [9.17, 15) is 13.2 Å². The summed E-state index contributed by atoms with van der Waals surface area (Å²) in [6.45, 7) is 2.91. The van der Waals surface area contributed by atoms with Crippen LogP contribution in [-0.2, 0) is 13.0 Å². The standard InChI is InChI=1S/C10H15F3N2/c1-7-5-9(3-4-14)8(2)15(7)6-10(11,12)13/h5H,3-4,6,14H2,1-2H3. The van der Waals surface area contributed by atoms with Crippen LogP contribution in [0.15, 0.2) is 6.07 Å². The van der Waals surface area contributed by atoms with E-state index in [1.54, 1.807) is 19.9 Å². The van der Waals surface area contributed by atoms with Gasteiger partial charge in [-0.2, -0.15) is 13.2 Å². The first kappa shape index (κ1) is 12.1. The number of hydrogen-bond donors (Lipinski definition) is 1. The molecule has 0 unspecified atom stereocenters. The third kappa shape index (κ3) is 2.99. The fourth-order valence-corrected chi connectivity index (χ4v) is 1.70. The molecule has 0 aliphatic carbocycles. The molecule has 86 valence electrons. The van der Waals surface area contributed by atoms with Crippen molar-refractivity contribution >= 4 is 0 Å². The van der Waals surface area contributed by atoms with Crippen LogP contribution in [-0.4, -0.2) is 17.3 Å². The van der Waals surface area contributed by atoms with E-state index in [-0.39, 0.29) is 0 Å². The van der Waals surface area contributed by atoms with Crippen LogP contribution in [0.25, 0.3) is 0 Å². The second kappa shape index (κ2) is 4.26. The molecule has 0 saturated heterocycles. The molecule has 0 atom stereocenters. The number of alkyl halides is 3. The quantitative estimate of drug-likeness (QED) is 0.831. The van der Waals surface area contributed by atoms with E-state index in [1.807, 2.05) is 0 Å². The third-order valence-electron chi connectivity index (χ3n) is 2.43. The minimum atomic E-state index is -4.17. The van der Waals surface area contributed by atoms with Crippen molar-refractivity contribution in [2.75, 3.05) is 6.54 Å². The predicted molar refractivity (Wildman–Crippen MR) is 52.7 cm³/mol. The zero-order chi connectivity index (χ0) is 11.6. The Balaban J connectivity index is 2.98. The van der Waals surface area contributed by atoms with Crippen LogP contribution in [0.5, 0.6) is 0 Å². The van der Waals surface area contributed by atoms with E-state index >= 15 is 0 Å². The Morgan fingerprint density at radius 3 is 2.40 bits per heavy atom. The van der Waals surface area contributed by atoms with E-state index in [2.05, 4.69) is 0 Å². The Kier molecular flexibility index (Phi) is 3.44. The summed E-state index contributed by atoms with van der Waals surface area (Å²) in [6.07, 6.45) is -3.55. The SMILES string of the molecule is Cc1cc(CCN)c(C)n1CC(F)(F)F. The summed E-state index contributed by atoms with van der Waals surface area (Å²) >= 11 is 0. The summed E-state index contributed by atoms with van der Waals surface area (Å²) < 4.78 is 38.0. The smallest absolute Gasteiger partial charge is 0.340 e. The van der Waals surface area contributed by atoms with Gasteiger partial charge in [-0.15, -0.1) is 0 Å². The number of aryl methyl sites for hydroxylation is 1. The maximum Gasteiger partial charge on any atom is 0.406 e. The molecule has 0 spiro atoms. The number of rotatable bonds is 3. The van der Waals surface area contributed by atoms with Crippen LogP contribution in [0.1, 0.15) is 17.0 Å². The molecule has 0 bridgehead atoms. The highest BCUT2D eigenvalue weighted by atomic mass is 19.4. The monoisotopic (exact) mass is 220 g/mol. The third-order valence-corrected chi connectivity index (χ3v) is 2.43. The molecule has 2 nitrogen and oxygen atoms in total. The first-order valence-corrected chi connectivity index (χ1v) is 4.77. The van der Waals surface area contributed by atoms with E-state index in [1.165, 1.54) is 4.57 Å². The lowest BCUT2D eigenvalue weighted by atomic mass is 10.2. The fourth-order valence-electron chi connectivity index (χ4n) is 1.70. The number of halogens is 3. The van der Waals surface area contributed by atoms with Gasteiger partial charge in [0.05, 0.1) is 0 Å². The van der Waals surface area contributed by atoms with Gasteiger partial charge in [0.15, 0.2) is 0 Å². The number of aromatic nitrogens is 1. The van der Waals surface area contributed by atoms with Crippen molar-refractivity contribution in [3.05, 3.63) is 23.0 Å². The minimum Gasteiger partial charge on any atom is -0.340 e. The van der Waals surface area contributed by atoms with Crippen molar-refractivity contribution in [3.63, 3.8) is 0 Å². The molecule has 0 amide bonds. The first-order chi connectivity index (χ1) is 6.85. The zero-order valence-electron chi connectivity index (χ0n) is 8.86. The highest BCUT2D eigenvalue weighted by Gasteiger charge is 2.29. The number of hydrogen-bond acceptors (Lipinski definition) is 1. The Bertz CT molecular complexity index is 339. The molecule has 1 aromatic rings. The molecule has 1 heterocycles. The summed E-state index contributed by atoms with van der Waals surface area (Å²) in [6, 6.07) is 1.77. The van der Waals surface area contributed by atoms with Gasteiger partial charge in [0.2, 0.25) is 0 Å². The molecule has 5 heteroatoms. The Morgan fingerprint density at radius 2 is 1.93 bits per heavy atom. The van der Waals surface area contributed by atoms with Crippen LogP contribution in [0.3, 0.4) is 0 Å². The lowest BCUT2D eigenvalue weighted by Gasteiger charge is -2.12. The summed E-state index contributed by atoms with van der Waals surface area (Å²) in [4.78, 5) is 0. The maximum atomic E-state index is 12.3. The van der Waals surface area contributed by atoms with E-state index in [4.69, 9.17) is 5.73 Å². The fraction of sp³-hybridized carbons (Fsp3) is 0.600. The second-order valence-corrected chi connectivity index (χ2v) is 3.64. The predicted octanol–water partition coefficient (Wildman–Crippen LogP) is 2.17. The molecule has 15 heavy (non-hydrogen) atoms. The van der Waals surface area contributed by atoms with Crippen molar-refractivity contribution in [2.45, 2.75) is 33.0 Å². The van der Waals surface area contributed by atoms with Crippen molar-refractivity contribution in [2.24, 2.45) is 5.73 Å². The maximum absolute atomic E-state index is 12.3. The second-order valence-electron chi connectivity index (χ2n) is 3.64. The van der Waals surface area contributed by atoms with Crippen LogP contribution in [0.2, 0.25) is 0 Å². The molecule has 0 aliphatic heterocycles. The Labute approximate surface area is 86.9 Å². The molecular formula is C10H15F3N2. The summed E-state index contributed by atoms with van der Waals surface area (Å²) in [7, 11) is 0. The van der Waals surface area contributed by atoms with Gasteiger partial charge in [-0.3, -0.25) is 0 Å². The van der Waals surface area contributed by atoms with Gasteiger partial charge in [0.1, 0.15) is 6.54 Å². The van der Waals surface area contributed by atoms with Gasteiger partial charge in [-0.05, 0) is 38.4 Å². The van der Waals surface area contributed by atoms with Gasteiger partial charge in [-0.1, -0.05) is 0 Å². The lowest BCUT2D eigenvalue weighted by Crippen LogP contribution is -2.19. The van der Waals surface area contributed by atoms with Crippen molar-refractivity contribution in [1.29, 1.82) is 0 Å². The lowest BCUT2D eigenvalue weighted by molar-refractivity contribution is -0.141. The van der Waals surface area contributed by atoms with Gasteiger partial charge in [-0.25, -0.2) is 0 Å². The van der Waals surface area contributed by atoms with Crippen LogP contribution in [0, 0.1) is 13.8 Å². The van der Waals surface area contributed by atoms with E-state index < -0.39 is 12.7 Å². The molecule has 1 rings (SSSR count). The normalized spacial score (nSPS) is 12.1. The molecular weight excluding hydrogens is 205 g/mol. The van der Waals surface area contributed by atoms with Crippen molar-refractivity contribution in [1.82, 2.24) is 4.57 Å². The summed E-state index contributed by atoms with van der Waals surface area (Å²) in [5.41, 5.74) is 7.58. The van der Waals surface area contributed by atoms with Crippen molar-refractivity contribution < 1.29 is 13.2 Å². The molecule has 0 aliphatic rings. The molecule has 1 aromatic heterocycles. The van der Waals surface area contributed by atoms with Crippen molar-refractivity contribution in [3.8, 4) is 0 Å². The molecule has 2 N–H and O–H groups in total. The van der Waals surface area contributed by atoms with Gasteiger partial charge in [0.25, 0.3) is 0 Å². The van der Waals surface area contributed by atoms with Crippen LogP contribution in [0.4, 0.5) is 13.2 Å². The topological polar surface area (TPSA) is 30.9 Å². The average molecular weight is 220 g/mol. The molecule has 0 fully saturated rings. The molecule has 0 saturated carbocycles. The molecule has 0 aromatic carbocycles. The van der Waals surface area contributed by atoms with E-state index in [0.717, 1.165) is 5.56 Å². The Hall–Kier alpha value is -0.970. The minimum absolute atomic E-state index is 0.455. The first-order valence-electron chi connectivity index (χ1n) is 4.77. The van der Waals surface area contributed by atoms with Gasteiger partial charge in [0, 0.05) is 11.4 Å². The highest BCUT2D eigenvalue weighted by molar-refractivity contribution is 5.27. The number of nitrogens with two attached hydrogens (primary N) is 1. The Morgan fingerprint density at radius 1 is 1.33 bits per heavy atom. The molecule has 0 radical (unpaired) electrons. The zero-order valence-corrected chi connectivity index (χ0v) is 8.86. The van der Waals surface area contributed by atoms with E-state index in [0.29, 0.717) is 24.4 Å². The highest BCUT2D eigenvalue weighted by Crippen LogP contribution is 2.23. The summed E-state index contributed by atoms with van der Waals surface area (Å²) in [5.74, 6) is 0. The van der Waals surface area contributed by atoms with Gasteiger partial charge < -0.3 is 10.3 Å². The largest absolute Gasteiger partial charge is 0.406 e. The summed E-state index contributed by atoms with van der Waals surface area (Å²) in [5, 5.41) is 0. The average Bonchev–Trinajstić information content (AvgIpc) is 2.32.